The summed E-state index contributed by atoms with van der Waals surface area (Å²) in [6, 6.07) is 10.4. The van der Waals surface area contributed by atoms with Crippen LogP contribution in [0.15, 0.2) is 52.0 Å². The van der Waals surface area contributed by atoms with Crippen LogP contribution in [0.25, 0.3) is 0 Å². The lowest BCUT2D eigenvalue weighted by molar-refractivity contribution is -0.150. The number of hydrogen-bond donors (Lipinski definition) is 0. The molecule has 0 saturated carbocycles. The summed E-state index contributed by atoms with van der Waals surface area (Å²) in [5, 5.41) is 5.40. The van der Waals surface area contributed by atoms with Gasteiger partial charge in [-0.25, -0.2) is 0 Å². The third kappa shape index (κ3) is 7.02. The number of benzene rings is 2. The average Bonchev–Trinajstić information content (AvgIpc) is 3.19. The fraction of sp³-hybridized carbons (Fsp3) is 0.400. The number of methoxy groups -OCH3 is 1. The fourth-order valence-corrected chi connectivity index (χ4v) is 5.29. The highest BCUT2D eigenvalue weighted by Crippen LogP contribution is 2.38. The van der Waals surface area contributed by atoms with Crippen molar-refractivity contribution in [1.29, 1.82) is 0 Å². The summed E-state index contributed by atoms with van der Waals surface area (Å²) in [6.07, 6.45) is -4.63. The number of halogens is 5. The van der Waals surface area contributed by atoms with Crippen molar-refractivity contribution in [2.24, 2.45) is 10.5 Å². The van der Waals surface area contributed by atoms with Crippen LogP contribution in [0.2, 0.25) is 5.02 Å². The van der Waals surface area contributed by atoms with Crippen LogP contribution in [0.5, 0.6) is 0 Å². The smallest absolute Gasteiger partial charge is 0.417 e. The van der Waals surface area contributed by atoms with Crippen LogP contribution < -0.4 is 4.31 Å². The second kappa shape index (κ2) is 12.7. The summed E-state index contributed by atoms with van der Waals surface area (Å²) in [5.74, 6) is -0.406. The zero-order valence-corrected chi connectivity index (χ0v) is 24.0. The monoisotopic (exact) mass is 635 g/mol. The predicted molar refractivity (Wildman–Crippen MR) is 145 cm³/mol. The molecule has 2 aromatic rings. The highest BCUT2D eigenvalue weighted by atomic mass is 79.9. The Bertz CT molecular complexity index is 1200. The number of ether oxygens (including phenoxy) is 2. The second-order valence-corrected chi connectivity index (χ2v) is 10.9. The predicted octanol–water partition coefficient (Wildman–Crippen LogP) is 6.04. The summed E-state index contributed by atoms with van der Waals surface area (Å²) in [7, 11) is 1.57. The average molecular weight is 637 g/mol. The number of hydrazone groups is 1. The highest BCUT2D eigenvalue weighted by molar-refractivity contribution is 9.10. The van der Waals surface area contributed by atoms with Crippen molar-refractivity contribution >= 4 is 62.8 Å². The van der Waals surface area contributed by atoms with Gasteiger partial charge in [0.05, 0.1) is 41.7 Å². The van der Waals surface area contributed by atoms with Crippen molar-refractivity contribution in [1.82, 2.24) is 5.01 Å². The number of alkyl halides is 3. The van der Waals surface area contributed by atoms with Gasteiger partial charge in [-0.3, -0.25) is 18.9 Å². The molecule has 0 fully saturated rings. The van der Waals surface area contributed by atoms with Gasteiger partial charge in [0.15, 0.2) is 0 Å². The van der Waals surface area contributed by atoms with Gasteiger partial charge in [0.1, 0.15) is 12.0 Å². The molecule has 7 nitrogen and oxygen atoms in total. The number of hydrogen-bond acceptors (Lipinski definition) is 7. The third-order valence-corrected chi connectivity index (χ3v) is 7.51. The van der Waals surface area contributed by atoms with Gasteiger partial charge in [0.2, 0.25) is 0 Å². The first-order chi connectivity index (χ1) is 17.9. The number of carbonyl (C=O) groups excluding carboxylic acids is 2. The van der Waals surface area contributed by atoms with E-state index in [2.05, 4.69) is 21.0 Å². The molecule has 1 atom stereocenters. The van der Waals surface area contributed by atoms with Gasteiger partial charge in [-0.1, -0.05) is 33.6 Å². The Morgan fingerprint density at radius 3 is 2.50 bits per heavy atom. The standard InChI is InChI=1S/C25H26BrClF3N3O4S/c1-4-37-23(35)24(2)15-32(31-22(24)16-5-10-19(20(27)13-16)25(28,29)30)14-21(34)33(38-12-11-36-3)18-8-6-17(26)7-9-18/h5-10,13H,4,11-12,14-15H2,1-3H3. The lowest BCUT2D eigenvalue weighted by atomic mass is 9.82. The molecular formula is C25H26BrClF3N3O4S. The topological polar surface area (TPSA) is 71.4 Å². The minimum absolute atomic E-state index is 0.0114. The van der Waals surface area contributed by atoms with Crippen LogP contribution in [0.3, 0.4) is 0 Å². The molecule has 1 unspecified atom stereocenters. The maximum absolute atomic E-state index is 13.4. The van der Waals surface area contributed by atoms with E-state index >= 15 is 0 Å². The summed E-state index contributed by atoms with van der Waals surface area (Å²) in [5.41, 5.74) is -1.30. The van der Waals surface area contributed by atoms with Gasteiger partial charge in [-0.05, 0) is 62.2 Å². The molecule has 0 saturated heterocycles. The molecule has 0 radical (unpaired) electrons. The Kier molecular flexibility index (Phi) is 10.1. The lowest BCUT2D eigenvalue weighted by Crippen LogP contribution is -2.42. The lowest BCUT2D eigenvalue weighted by Gasteiger charge is -2.26. The Balaban J connectivity index is 1.93. The Labute approximate surface area is 236 Å². The largest absolute Gasteiger partial charge is 0.465 e. The zero-order valence-electron chi connectivity index (χ0n) is 20.8. The van der Waals surface area contributed by atoms with E-state index in [1.807, 2.05) is 12.1 Å². The van der Waals surface area contributed by atoms with Crippen LogP contribution in [-0.2, 0) is 25.2 Å². The molecular weight excluding hydrogens is 611 g/mol. The van der Waals surface area contributed by atoms with Crippen molar-refractivity contribution in [2.45, 2.75) is 20.0 Å². The van der Waals surface area contributed by atoms with E-state index in [1.165, 1.54) is 27.3 Å². The summed E-state index contributed by atoms with van der Waals surface area (Å²) in [4.78, 5) is 26.4. The van der Waals surface area contributed by atoms with Gasteiger partial charge in [0, 0.05) is 22.9 Å². The van der Waals surface area contributed by atoms with E-state index in [0.29, 0.717) is 18.0 Å². The molecule has 0 bridgehead atoms. The number of carbonyl (C=O) groups is 2. The molecule has 0 aromatic heterocycles. The molecule has 3 rings (SSSR count). The van der Waals surface area contributed by atoms with Crippen LogP contribution >= 0.6 is 39.5 Å². The maximum Gasteiger partial charge on any atom is 0.417 e. The first-order valence-electron chi connectivity index (χ1n) is 11.5. The zero-order chi connectivity index (χ0) is 28.1. The number of esters is 1. The number of nitrogens with zero attached hydrogens (tertiary/aromatic N) is 3. The minimum Gasteiger partial charge on any atom is -0.465 e. The van der Waals surface area contributed by atoms with Crippen molar-refractivity contribution in [2.75, 3.05) is 43.5 Å². The van der Waals surface area contributed by atoms with E-state index < -0.39 is 28.1 Å². The van der Waals surface area contributed by atoms with Gasteiger partial charge >= 0.3 is 12.1 Å². The SMILES string of the molecule is CCOC(=O)C1(C)CN(CC(=O)N(SCCOC)c2ccc(Br)cc2)N=C1c1ccc(C(F)(F)F)c(Cl)c1. The van der Waals surface area contributed by atoms with E-state index in [1.54, 1.807) is 33.1 Å². The van der Waals surface area contributed by atoms with Crippen LogP contribution in [-0.4, -0.2) is 61.8 Å². The third-order valence-electron chi connectivity index (χ3n) is 5.65. The summed E-state index contributed by atoms with van der Waals surface area (Å²) >= 11 is 10.6. The van der Waals surface area contributed by atoms with E-state index in [4.69, 9.17) is 21.1 Å². The molecule has 13 heteroatoms. The van der Waals surface area contributed by atoms with Crippen molar-refractivity contribution < 1.29 is 32.2 Å². The molecule has 1 aliphatic rings. The van der Waals surface area contributed by atoms with Gasteiger partial charge in [-0.15, -0.1) is 0 Å². The molecule has 0 aliphatic carbocycles. The Hall–Kier alpha value is -2.28. The van der Waals surface area contributed by atoms with Gasteiger partial charge < -0.3 is 9.47 Å². The summed E-state index contributed by atoms with van der Waals surface area (Å²) in [6.45, 7) is 3.55. The second-order valence-electron chi connectivity index (χ2n) is 8.51. The Morgan fingerprint density at radius 2 is 1.92 bits per heavy atom. The Morgan fingerprint density at radius 1 is 1.24 bits per heavy atom. The van der Waals surface area contributed by atoms with Gasteiger partial charge in [0.25, 0.3) is 5.91 Å². The normalized spacial score (nSPS) is 17.4. The fourth-order valence-electron chi connectivity index (χ4n) is 3.84. The maximum atomic E-state index is 13.4. The molecule has 38 heavy (non-hydrogen) atoms. The molecule has 206 valence electrons. The molecule has 1 heterocycles. The molecule has 1 amide bonds. The number of amides is 1. The van der Waals surface area contributed by atoms with Crippen molar-refractivity contribution in [3.8, 4) is 0 Å². The van der Waals surface area contributed by atoms with Crippen LogP contribution in [0.1, 0.15) is 25.0 Å². The first-order valence-corrected chi connectivity index (χ1v) is 13.6. The molecule has 1 aliphatic heterocycles. The van der Waals surface area contributed by atoms with E-state index in [0.717, 1.165) is 16.6 Å². The quantitative estimate of drug-likeness (QED) is 0.180. The van der Waals surface area contributed by atoms with Crippen molar-refractivity contribution in [3.63, 3.8) is 0 Å². The highest BCUT2D eigenvalue weighted by Gasteiger charge is 2.48. The first kappa shape index (κ1) is 30.3. The van der Waals surface area contributed by atoms with Crippen molar-refractivity contribution in [3.05, 3.63) is 63.1 Å². The molecule has 0 spiro atoms. The minimum atomic E-state index is -4.63. The number of rotatable bonds is 10. The van der Waals surface area contributed by atoms with Crippen LogP contribution in [0.4, 0.5) is 18.9 Å². The van der Waals surface area contributed by atoms with Crippen LogP contribution in [0, 0.1) is 5.41 Å². The molecule has 2 aromatic carbocycles. The van der Waals surface area contributed by atoms with Gasteiger partial charge in [-0.2, -0.15) is 18.3 Å². The number of anilines is 1. The molecule has 0 N–H and O–H groups in total. The summed E-state index contributed by atoms with van der Waals surface area (Å²) < 4.78 is 52.5. The van der Waals surface area contributed by atoms with E-state index in [9.17, 15) is 22.8 Å². The van der Waals surface area contributed by atoms with E-state index in [-0.39, 0.29) is 36.9 Å².